The number of likely N-dealkylation sites (tertiary alicyclic amines) is 1. The zero-order chi connectivity index (χ0) is 11.4. The summed E-state index contributed by atoms with van der Waals surface area (Å²) >= 11 is 0. The third kappa shape index (κ3) is 3.17. The van der Waals surface area contributed by atoms with E-state index in [-0.39, 0.29) is 12.0 Å². The van der Waals surface area contributed by atoms with Crippen LogP contribution in [-0.2, 0) is 4.74 Å². The lowest BCUT2D eigenvalue weighted by Crippen LogP contribution is -2.40. The van der Waals surface area contributed by atoms with Gasteiger partial charge >= 0.3 is 0 Å². The van der Waals surface area contributed by atoms with Gasteiger partial charge in [-0.1, -0.05) is 0 Å². The quantitative estimate of drug-likeness (QED) is 0.717. The van der Waals surface area contributed by atoms with Crippen LogP contribution in [0.2, 0.25) is 0 Å². The molecule has 3 unspecified atom stereocenters. The molecule has 0 aromatic rings. The molecule has 94 valence electrons. The van der Waals surface area contributed by atoms with Crippen molar-refractivity contribution in [3.05, 3.63) is 0 Å². The second-order valence-corrected chi connectivity index (χ2v) is 5.12. The smallest absolute Gasteiger partial charge is 0.0624 e. The van der Waals surface area contributed by atoms with Gasteiger partial charge in [-0.15, -0.1) is 0 Å². The van der Waals surface area contributed by atoms with Crippen LogP contribution in [0.1, 0.15) is 19.3 Å². The summed E-state index contributed by atoms with van der Waals surface area (Å²) < 4.78 is 5.41. The molecule has 2 heterocycles. The normalized spacial score (nSPS) is 36.8. The van der Waals surface area contributed by atoms with Gasteiger partial charge in [0.2, 0.25) is 0 Å². The molecule has 0 saturated carbocycles. The lowest BCUT2D eigenvalue weighted by molar-refractivity contribution is -0.0450. The van der Waals surface area contributed by atoms with Crippen molar-refractivity contribution in [2.24, 2.45) is 11.8 Å². The molecule has 4 heteroatoms. The molecule has 2 aliphatic heterocycles. The minimum atomic E-state index is -0.189. The molecule has 2 aliphatic rings. The van der Waals surface area contributed by atoms with Crippen molar-refractivity contribution in [2.45, 2.75) is 25.4 Å². The van der Waals surface area contributed by atoms with Gasteiger partial charge in [0.05, 0.1) is 12.7 Å². The molecule has 0 radical (unpaired) electrons. The molecule has 2 saturated heterocycles. The predicted octanol–water partition coefficient (Wildman–Crippen LogP) is 0.0881. The monoisotopic (exact) mass is 229 g/mol. The van der Waals surface area contributed by atoms with Gasteiger partial charge in [-0.3, -0.25) is 0 Å². The molecule has 16 heavy (non-hydrogen) atoms. The van der Waals surface area contributed by atoms with E-state index in [1.165, 1.54) is 6.42 Å². The first kappa shape index (κ1) is 12.3. The van der Waals surface area contributed by atoms with Crippen molar-refractivity contribution in [3.63, 3.8) is 0 Å². The van der Waals surface area contributed by atoms with Crippen LogP contribution in [0.3, 0.4) is 0 Å². The Morgan fingerprint density at radius 1 is 1.31 bits per heavy atom. The molecule has 0 aromatic heterocycles. The Bertz CT molecular complexity index is 212. The van der Waals surface area contributed by atoms with Crippen molar-refractivity contribution in [1.82, 2.24) is 4.90 Å². The van der Waals surface area contributed by atoms with E-state index in [1.54, 1.807) is 0 Å². The second kappa shape index (κ2) is 5.96. The summed E-state index contributed by atoms with van der Waals surface area (Å²) in [6.45, 7) is 4.82. The second-order valence-electron chi connectivity index (χ2n) is 5.12. The largest absolute Gasteiger partial charge is 0.396 e. The first-order chi connectivity index (χ1) is 7.79. The first-order valence-electron chi connectivity index (χ1n) is 6.38. The first-order valence-corrected chi connectivity index (χ1v) is 6.38. The highest BCUT2D eigenvalue weighted by Crippen LogP contribution is 2.23. The van der Waals surface area contributed by atoms with E-state index in [4.69, 9.17) is 9.84 Å². The molecule has 2 rings (SSSR count). The zero-order valence-corrected chi connectivity index (χ0v) is 9.85. The van der Waals surface area contributed by atoms with E-state index in [0.29, 0.717) is 25.7 Å². The van der Waals surface area contributed by atoms with Crippen LogP contribution < -0.4 is 0 Å². The van der Waals surface area contributed by atoms with E-state index < -0.39 is 0 Å². The van der Waals surface area contributed by atoms with Crippen LogP contribution in [0.15, 0.2) is 0 Å². The Morgan fingerprint density at radius 2 is 2.19 bits per heavy atom. The van der Waals surface area contributed by atoms with Crippen molar-refractivity contribution in [2.75, 3.05) is 39.5 Å². The molecule has 2 fully saturated rings. The fraction of sp³-hybridized carbons (Fsp3) is 1.00. The Hall–Kier alpha value is -0.160. The SMILES string of the molecule is OCCC1CCN(CC2COCCC2O)C1. The molecule has 4 nitrogen and oxygen atoms in total. The van der Waals surface area contributed by atoms with Gasteiger partial charge < -0.3 is 19.8 Å². The van der Waals surface area contributed by atoms with Gasteiger partial charge in [0.15, 0.2) is 0 Å². The average molecular weight is 229 g/mol. The summed E-state index contributed by atoms with van der Waals surface area (Å²) in [5, 5.41) is 18.7. The highest BCUT2D eigenvalue weighted by atomic mass is 16.5. The third-order valence-electron chi connectivity index (χ3n) is 3.83. The topological polar surface area (TPSA) is 52.9 Å². The lowest BCUT2D eigenvalue weighted by atomic mass is 9.98. The molecular weight excluding hydrogens is 206 g/mol. The number of rotatable bonds is 4. The van der Waals surface area contributed by atoms with E-state index in [9.17, 15) is 5.11 Å². The van der Waals surface area contributed by atoms with E-state index in [1.807, 2.05) is 0 Å². The molecule has 0 amide bonds. The number of aliphatic hydroxyl groups is 2. The fourth-order valence-corrected chi connectivity index (χ4v) is 2.79. The summed E-state index contributed by atoms with van der Waals surface area (Å²) in [7, 11) is 0. The van der Waals surface area contributed by atoms with Crippen LogP contribution >= 0.6 is 0 Å². The van der Waals surface area contributed by atoms with Gasteiger partial charge in [-0.05, 0) is 31.7 Å². The van der Waals surface area contributed by atoms with E-state index >= 15 is 0 Å². The van der Waals surface area contributed by atoms with Crippen molar-refractivity contribution >= 4 is 0 Å². The molecule has 3 atom stereocenters. The molecule has 0 spiro atoms. The number of aliphatic hydroxyl groups excluding tert-OH is 2. The van der Waals surface area contributed by atoms with Gasteiger partial charge in [0.25, 0.3) is 0 Å². The Morgan fingerprint density at radius 3 is 2.94 bits per heavy atom. The summed E-state index contributed by atoms with van der Waals surface area (Å²) in [6.07, 6.45) is 2.69. The number of nitrogens with zero attached hydrogens (tertiary/aromatic N) is 1. The Kier molecular flexibility index (Phi) is 4.58. The van der Waals surface area contributed by atoms with Gasteiger partial charge in [0.1, 0.15) is 0 Å². The van der Waals surface area contributed by atoms with Crippen LogP contribution in [0, 0.1) is 11.8 Å². The summed E-state index contributed by atoms with van der Waals surface area (Å²) in [4.78, 5) is 2.41. The third-order valence-corrected chi connectivity index (χ3v) is 3.83. The molecular formula is C12H23NO3. The number of hydrogen-bond donors (Lipinski definition) is 2. The Balaban J connectivity index is 1.73. The zero-order valence-electron chi connectivity index (χ0n) is 9.85. The van der Waals surface area contributed by atoms with Gasteiger partial charge in [0, 0.05) is 32.2 Å². The standard InChI is InChI=1S/C12H23NO3/c14-5-2-10-1-4-13(7-10)8-11-9-16-6-3-12(11)15/h10-12,14-15H,1-9H2. The molecule has 0 aromatic carbocycles. The lowest BCUT2D eigenvalue weighted by Gasteiger charge is -2.31. The van der Waals surface area contributed by atoms with E-state index in [2.05, 4.69) is 4.90 Å². The van der Waals surface area contributed by atoms with Crippen molar-refractivity contribution in [1.29, 1.82) is 0 Å². The maximum absolute atomic E-state index is 9.85. The van der Waals surface area contributed by atoms with Crippen LogP contribution in [-0.4, -0.2) is 60.7 Å². The van der Waals surface area contributed by atoms with Crippen LogP contribution in [0.5, 0.6) is 0 Å². The molecule has 0 aliphatic carbocycles. The van der Waals surface area contributed by atoms with E-state index in [0.717, 1.165) is 32.5 Å². The minimum Gasteiger partial charge on any atom is -0.396 e. The summed E-state index contributed by atoms with van der Waals surface area (Å²) in [5.41, 5.74) is 0. The number of hydrogen-bond acceptors (Lipinski definition) is 4. The molecule has 0 bridgehead atoms. The van der Waals surface area contributed by atoms with Gasteiger partial charge in [-0.25, -0.2) is 0 Å². The maximum atomic E-state index is 9.85. The highest BCUT2D eigenvalue weighted by molar-refractivity contribution is 4.81. The summed E-state index contributed by atoms with van der Waals surface area (Å²) in [6, 6.07) is 0. The summed E-state index contributed by atoms with van der Waals surface area (Å²) in [5.74, 6) is 0.924. The van der Waals surface area contributed by atoms with Crippen molar-refractivity contribution in [3.8, 4) is 0 Å². The van der Waals surface area contributed by atoms with Crippen LogP contribution in [0.25, 0.3) is 0 Å². The fourth-order valence-electron chi connectivity index (χ4n) is 2.79. The van der Waals surface area contributed by atoms with Crippen LogP contribution in [0.4, 0.5) is 0 Å². The molecule has 2 N–H and O–H groups in total. The minimum absolute atomic E-state index is 0.189. The predicted molar refractivity (Wildman–Crippen MR) is 61.2 cm³/mol. The van der Waals surface area contributed by atoms with Crippen molar-refractivity contribution < 1.29 is 14.9 Å². The highest BCUT2D eigenvalue weighted by Gasteiger charge is 2.29. The number of ether oxygens (including phenoxy) is 1. The maximum Gasteiger partial charge on any atom is 0.0624 e. The average Bonchev–Trinajstić information content (AvgIpc) is 2.70. The van der Waals surface area contributed by atoms with Gasteiger partial charge in [-0.2, -0.15) is 0 Å². The Labute approximate surface area is 97.2 Å².